The van der Waals surface area contributed by atoms with E-state index in [1.807, 2.05) is 13.2 Å². The molecule has 0 unspecified atom stereocenters. The lowest BCUT2D eigenvalue weighted by molar-refractivity contribution is 0.305. The Morgan fingerprint density at radius 3 is 2.53 bits per heavy atom. The third kappa shape index (κ3) is 4.40. The molecular formula is C13H24N4. The quantitative estimate of drug-likeness (QED) is 0.777. The fourth-order valence-electron chi connectivity index (χ4n) is 1.82. The van der Waals surface area contributed by atoms with Gasteiger partial charge in [-0.3, -0.25) is 0 Å². The number of nitrogens with zero attached hydrogens (tertiary/aromatic N) is 3. The molecule has 1 aromatic heterocycles. The van der Waals surface area contributed by atoms with E-state index >= 15 is 0 Å². The molecule has 0 aliphatic carbocycles. The number of aromatic nitrogens is 2. The maximum Gasteiger partial charge on any atom is 0.129 e. The van der Waals surface area contributed by atoms with Gasteiger partial charge in [0.2, 0.25) is 0 Å². The van der Waals surface area contributed by atoms with Gasteiger partial charge in [0.1, 0.15) is 5.82 Å². The molecule has 1 aromatic rings. The van der Waals surface area contributed by atoms with E-state index < -0.39 is 0 Å². The highest BCUT2D eigenvalue weighted by Gasteiger charge is 2.05. The minimum absolute atomic E-state index is 0.835. The van der Waals surface area contributed by atoms with Crippen molar-refractivity contribution in [1.29, 1.82) is 0 Å². The van der Waals surface area contributed by atoms with Gasteiger partial charge in [-0.05, 0) is 27.1 Å². The number of rotatable bonds is 7. The standard InChI is InChI=1S/C13H24N4/c1-5-17(6-2)8-7-13-15-10-12(9-14-4)11(3)16-13/h10,14H,5-9H2,1-4H3. The van der Waals surface area contributed by atoms with Crippen molar-refractivity contribution in [3.8, 4) is 0 Å². The lowest BCUT2D eigenvalue weighted by Gasteiger charge is -2.17. The normalized spacial score (nSPS) is 11.1. The molecule has 4 heteroatoms. The molecule has 1 heterocycles. The van der Waals surface area contributed by atoms with Crippen LogP contribution in [-0.4, -0.2) is 41.5 Å². The van der Waals surface area contributed by atoms with Gasteiger partial charge in [-0.1, -0.05) is 13.8 Å². The molecule has 0 saturated heterocycles. The first-order valence-electron chi connectivity index (χ1n) is 6.39. The van der Waals surface area contributed by atoms with E-state index in [0.717, 1.165) is 44.1 Å². The van der Waals surface area contributed by atoms with Crippen LogP contribution < -0.4 is 5.32 Å². The van der Waals surface area contributed by atoms with Gasteiger partial charge in [0.05, 0.1) is 0 Å². The summed E-state index contributed by atoms with van der Waals surface area (Å²) in [5, 5.41) is 3.12. The maximum atomic E-state index is 4.55. The highest BCUT2D eigenvalue weighted by molar-refractivity contribution is 5.15. The molecule has 0 aliphatic rings. The Hall–Kier alpha value is -1.00. The fourth-order valence-corrected chi connectivity index (χ4v) is 1.82. The third-order valence-corrected chi connectivity index (χ3v) is 3.04. The van der Waals surface area contributed by atoms with Crippen LogP contribution in [0.5, 0.6) is 0 Å². The van der Waals surface area contributed by atoms with Crippen molar-refractivity contribution in [3.05, 3.63) is 23.3 Å². The van der Waals surface area contributed by atoms with E-state index in [2.05, 4.69) is 41.0 Å². The molecule has 96 valence electrons. The van der Waals surface area contributed by atoms with E-state index in [9.17, 15) is 0 Å². The van der Waals surface area contributed by atoms with E-state index in [0.29, 0.717) is 0 Å². The van der Waals surface area contributed by atoms with Crippen LogP contribution in [0, 0.1) is 6.92 Å². The molecule has 17 heavy (non-hydrogen) atoms. The van der Waals surface area contributed by atoms with Crippen molar-refractivity contribution >= 4 is 0 Å². The molecule has 1 rings (SSSR count). The highest BCUT2D eigenvalue weighted by Crippen LogP contribution is 2.04. The lowest BCUT2D eigenvalue weighted by atomic mass is 10.2. The predicted octanol–water partition coefficient (Wildman–Crippen LogP) is 1.39. The average Bonchev–Trinajstić information content (AvgIpc) is 2.34. The molecule has 0 fully saturated rings. The van der Waals surface area contributed by atoms with E-state index in [-0.39, 0.29) is 0 Å². The summed E-state index contributed by atoms with van der Waals surface area (Å²) < 4.78 is 0. The molecule has 0 radical (unpaired) electrons. The maximum absolute atomic E-state index is 4.55. The summed E-state index contributed by atoms with van der Waals surface area (Å²) in [5.41, 5.74) is 2.27. The first kappa shape index (κ1) is 14.1. The Kier molecular flexibility index (Phi) is 6.08. The molecule has 0 amide bonds. The van der Waals surface area contributed by atoms with E-state index in [1.165, 1.54) is 5.56 Å². The third-order valence-electron chi connectivity index (χ3n) is 3.04. The van der Waals surface area contributed by atoms with Crippen molar-refractivity contribution in [2.75, 3.05) is 26.7 Å². The second-order valence-corrected chi connectivity index (χ2v) is 4.20. The van der Waals surface area contributed by atoms with Crippen LogP contribution in [0.4, 0.5) is 0 Å². The SMILES string of the molecule is CCN(CC)CCc1ncc(CNC)c(C)n1. The zero-order chi connectivity index (χ0) is 12.7. The van der Waals surface area contributed by atoms with Gasteiger partial charge < -0.3 is 10.2 Å². The van der Waals surface area contributed by atoms with Gasteiger partial charge in [0, 0.05) is 37.0 Å². The first-order valence-corrected chi connectivity index (χ1v) is 6.39. The summed E-state index contributed by atoms with van der Waals surface area (Å²) in [7, 11) is 1.94. The zero-order valence-corrected chi connectivity index (χ0v) is 11.5. The minimum Gasteiger partial charge on any atom is -0.316 e. The van der Waals surface area contributed by atoms with Crippen molar-refractivity contribution in [1.82, 2.24) is 20.2 Å². The summed E-state index contributed by atoms with van der Waals surface area (Å²) in [6.07, 6.45) is 2.87. The topological polar surface area (TPSA) is 41.1 Å². The Labute approximate surface area is 104 Å². The molecule has 0 spiro atoms. The van der Waals surface area contributed by atoms with Crippen molar-refractivity contribution in [2.45, 2.75) is 33.7 Å². The van der Waals surface area contributed by atoms with Gasteiger partial charge in [-0.15, -0.1) is 0 Å². The lowest BCUT2D eigenvalue weighted by Crippen LogP contribution is -2.26. The monoisotopic (exact) mass is 236 g/mol. The smallest absolute Gasteiger partial charge is 0.129 e. The summed E-state index contributed by atoms with van der Waals surface area (Å²) >= 11 is 0. The molecule has 4 nitrogen and oxygen atoms in total. The van der Waals surface area contributed by atoms with Gasteiger partial charge in [0.25, 0.3) is 0 Å². The largest absolute Gasteiger partial charge is 0.316 e. The van der Waals surface area contributed by atoms with Crippen LogP contribution in [0.15, 0.2) is 6.20 Å². The summed E-state index contributed by atoms with van der Waals surface area (Å²) in [5.74, 6) is 0.953. The number of aryl methyl sites for hydroxylation is 1. The predicted molar refractivity (Wildman–Crippen MR) is 71.0 cm³/mol. The summed E-state index contributed by atoms with van der Waals surface area (Å²) in [6, 6.07) is 0. The summed E-state index contributed by atoms with van der Waals surface area (Å²) in [6.45, 7) is 10.5. The Morgan fingerprint density at radius 1 is 1.29 bits per heavy atom. The molecule has 0 atom stereocenters. The Morgan fingerprint density at radius 2 is 2.00 bits per heavy atom. The number of hydrogen-bond acceptors (Lipinski definition) is 4. The van der Waals surface area contributed by atoms with Crippen LogP contribution >= 0.6 is 0 Å². The molecule has 0 saturated carbocycles. The van der Waals surface area contributed by atoms with Crippen LogP contribution in [-0.2, 0) is 13.0 Å². The first-order chi connectivity index (χ1) is 8.21. The number of nitrogens with one attached hydrogen (secondary N) is 1. The fraction of sp³-hybridized carbons (Fsp3) is 0.692. The van der Waals surface area contributed by atoms with Crippen LogP contribution in [0.1, 0.15) is 30.9 Å². The molecule has 0 aliphatic heterocycles. The zero-order valence-electron chi connectivity index (χ0n) is 11.5. The van der Waals surface area contributed by atoms with Gasteiger partial charge in [0.15, 0.2) is 0 Å². The molecule has 1 N–H and O–H groups in total. The van der Waals surface area contributed by atoms with Crippen LogP contribution in [0.2, 0.25) is 0 Å². The summed E-state index contributed by atoms with van der Waals surface area (Å²) in [4.78, 5) is 11.4. The molecule has 0 aromatic carbocycles. The van der Waals surface area contributed by atoms with Crippen molar-refractivity contribution in [2.24, 2.45) is 0 Å². The van der Waals surface area contributed by atoms with Crippen LogP contribution in [0.3, 0.4) is 0 Å². The second kappa shape index (κ2) is 7.35. The van der Waals surface area contributed by atoms with Crippen molar-refractivity contribution in [3.63, 3.8) is 0 Å². The molecular weight excluding hydrogens is 212 g/mol. The van der Waals surface area contributed by atoms with Gasteiger partial charge >= 0.3 is 0 Å². The van der Waals surface area contributed by atoms with Crippen molar-refractivity contribution < 1.29 is 0 Å². The van der Waals surface area contributed by atoms with Gasteiger partial charge in [-0.2, -0.15) is 0 Å². The van der Waals surface area contributed by atoms with Gasteiger partial charge in [-0.25, -0.2) is 9.97 Å². The average molecular weight is 236 g/mol. The Bertz CT molecular complexity index is 334. The number of hydrogen-bond donors (Lipinski definition) is 1. The highest BCUT2D eigenvalue weighted by atomic mass is 15.1. The van der Waals surface area contributed by atoms with Crippen LogP contribution in [0.25, 0.3) is 0 Å². The van der Waals surface area contributed by atoms with E-state index in [4.69, 9.17) is 0 Å². The molecule has 0 bridgehead atoms. The number of likely N-dealkylation sites (N-methyl/N-ethyl adjacent to an activating group) is 1. The van der Waals surface area contributed by atoms with E-state index in [1.54, 1.807) is 0 Å². The second-order valence-electron chi connectivity index (χ2n) is 4.20. The minimum atomic E-state index is 0.835. The Balaban J connectivity index is 2.58.